The normalized spacial score (nSPS) is 11.2. The van der Waals surface area contributed by atoms with Gasteiger partial charge in [0.05, 0.1) is 4.90 Å². The zero-order chi connectivity index (χ0) is 23.4. The predicted octanol–water partition coefficient (Wildman–Crippen LogP) is 5.54. The van der Waals surface area contributed by atoms with E-state index in [4.69, 9.17) is 9.15 Å². The van der Waals surface area contributed by atoms with Crippen LogP contribution < -0.4 is 5.32 Å². The van der Waals surface area contributed by atoms with Gasteiger partial charge in [-0.3, -0.25) is 5.32 Å². The quantitative estimate of drug-likeness (QED) is 0.404. The number of sulfone groups is 1. The molecule has 1 N–H and O–H groups in total. The SMILES string of the molecule is Cc1ccc(S(=O)(=O)c2nc(-c3ccc(NC(=O)OCc4ccccc4)cc3)oc2C)cc1. The Kier molecular flexibility index (Phi) is 6.28. The van der Waals surface area contributed by atoms with E-state index in [1.165, 1.54) is 0 Å². The number of aromatic nitrogens is 1. The highest BCUT2D eigenvalue weighted by Gasteiger charge is 2.26. The van der Waals surface area contributed by atoms with Crippen molar-refractivity contribution in [1.29, 1.82) is 0 Å². The highest BCUT2D eigenvalue weighted by molar-refractivity contribution is 7.91. The molecule has 1 aromatic heterocycles. The van der Waals surface area contributed by atoms with Crippen LogP contribution in [-0.4, -0.2) is 19.5 Å². The first-order valence-corrected chi connectivity index (χ1v) is 11.7. The zero-order valence-corrected chi connectivity index (χ0v) is 18.9. The summed E-state index contributed by atoms with van der Waals surface area (Å²) < 4.78 is 36.8. The molecule has 0 aliphatic carbocycles. The van der Waals surface area contributed by atoms with E-state index in [1.54, 1.807) is 55.5 Å². The lowest BCUT2D eigenvalue weighted by Gasteiger charge is -2.07. The first kappa shape index (κ1) is 22.3. The van der Waals surface area contributed by atoms with Crippen LogP contribution in [0.1, 0.15) is 16.9 Å². The topological polar surface area (TPSA) is 98.5 Å². The van der Waals surface area contributed by atoms with E-state index in [1.807, 2.05) is 37.3 Å². The minimum Gasteiger partial charge on any atom is -0.444 e. The van der Waals surface area contributed by atoms with E-state index in [2.05, 4.69) is 10.3 Å². The Bertz CT molecular complexity index is 1360. The Morgan fingerprint density at radius 1 is 0.939 bits per heavy atom. The molecule has 33 heavy (non-hydrogen) atoms. The van der Waals surface area contributed by atoms with Crippen molar-refractivity contribution in [2.45, 2.75) is 30.4 Å². The van der Waals surface area contributed by atoms with E-state index < -0.39 is 15.9 Å². The second kappa shape index (κ2) is 9.30. The molecule has 7 nitrogen and oxygen atoms in total. The molecule has 0 saturated carbocycles. The lowest BCUT2D eigenvalue weighted by molar-refractivity contribution is 0.155. The van der Waals surface area contributed by atoms with Crippen molar-refractivity contribution >= 4 is 21.6 Å². The molecule has 0 fully saturated rings. The number of ether oxygens (including phenoxy) is 1. The Labute approximate surface area is 192 Å². The zero-order valence-electron chi connectivity index (χ0n) is 18.1. The predicted molar refractivity (Wildman–Crippen MR) is 124 cm³/mol. The van der Waals surface area contributed by atoms with E-state index in [0.717, 1.165) is 11.1 Å². The molecular weight excluding hydrogens is 440 g/mol. The third-order valence-electron chi connectivity index (χ3n) is 4.93. The van der Waals surface area contributed by atoms with Crippen LogP contribution in [0.5, 0.6) is 0 Å². The third-order valence-corrected chi connectivity index (χ3v) is 6.71. The molecule has 0 aliphatic heterocycles. The van der Waals surface area contributed by atoms with Crippen molar-refractivity contribution in [2.75, 3.05) is 5.32 Å². The standard InChI is InChI=1S/C25H22N2O5S/c1-17-8-14-22(15-9-17)33(29,30)24-18(2)32-23(27-24)20-10-12-21(13-11-20)26-25(28)31-16-19-6-4-3-5-7-19/h3-15H,16H2,1-2H3,(H,26,28). The molecule has 4 aromatic rings. The molecule has 1 heterocycles. The molecule has 168 valence electrons. The maximum atomic E-state index is 13.0. The van der Waals surface area contributed by atoms with E-state index in [9.17, 15) is 13.2 Å². The highest BCUT2D eigenvalue weighted by Crippen LogP contribution is 2.29. The first-order chi connectivity index (χ1) is 15.8. The van der Waals surface area contributed by atoms with Gasteiger partial charge in [-0.05, 0) is 55.8 Å². The van der Waals surface area contributed by atoms with E-state index in [-0.39, 0.29) is 28.2 Å². The lowest BCUT2D eigenvalue weighted by Crippen LogP contribution is -2.13. The first-order valence-electron chi connectivity index (χ1n) is 10.2. The van der Waals surface area contributed by atoms with Crippen LogP contribution in [0.25, 0.3) is 11.5 Å². The molecule has 8 heteroatoms. The van der Waals surface area contributed by atoms with Gasteiger partial charge in [0.2, 0.25) is 20.8 Å². The molecule has 3 aromatic carbocycles. The summed E-state index contributed by atoms with van der Waals surface area (Å²) in [5.41, 5.74) is 2.95. The van der Waals surface area contributed by atoms with Crippen LogP contribution >= 0.6 is 0 Å². The van der Waals surface area contributed by atoms with Gasteiger partial charge in [0.15, 0.2) is 0 Å². The molecule has 0 saturated heterocycles. The van der Waals surface area contributed by atoms with Crippen molar-refractivity contribution < 1.29 is 22.4 Å². The second-order valence-corrected chi connectivity index (χ2v) is 9.33. The molecule has 4 rings (SSSR count). The van der Waals surface area contributed by atoms with Crippen molar-refractivity contribution in [2.24, 2.45) is 0 Å². The largest absolute Gasteiger partial charge is 0.444 e. The summed E-state index contributed by atoms with van der Waals surface area (Å²) in [6.45, 7) is 3.62. The van der Waals surface area contributed by atoms with Crippen LogP contribution in [0.15, 0.2) is 93.2 Å². The van der Waals surface area contributed by atoms with Crippen LogP contribution in [0.4, 0.5) is 10.5 Å². The number of nitrogens with zero attached hydrogens (tertiary/aromatic N) is 1. The number of carbonyl (C=O) groups is 1. The summed E-state index contributed by atoms with van der Waals surface area (Å²) in [6.07, 6.45) is -0.579. The van der Waals surface area contributed by atoms with Gasteiger partial charge in [0.1, 0.15) is 12.4 Å². The van der Waals surface area contributed by atoms with E-state index in [0.29, 0.717) is 11.3 Å². The van der Waals surface area contributed by atoms with Crippen LogP contribution in [0.2, 0.25) is 0 Å². The molecule has 0 atom stereocenters. The molecule has 0 unspecified atom stereocenters. The monoisotopic (exact) mass is 462 g/mol. The smallest absolute Gasteiger partial charge is 0.411 e. The third kappa shape index (κ3) is 5.12. The fourth-order valence-electron chi connectivity index (χ4n) is 3.16. The maximum absolute atomic E-state index is 13.0. The molecule has 0 aliphatic rings. The maximum Gasteiger partial charge on any atom is 0.411 e. The minimum absolute atomic E-state index is 0.118. The van der Waals surface area contributed by atoms with E-state index >= 15 is 0 Å². The number of rotatable bonds is 6. The average molecular weight is 463 g/mol. The number of oxazole rings is 1. The summed E-state index contributed by atoms with van der Waals surface area (Å²) in [6, 6.07) is 22.6. The number of hydrogen-bond acceptors (Lipinski definition) is 6. The minimum atomic E-state index is -3.81. The van der Waals surface area contributed by atoms with Gasteiger partial charge >= 0.3 is 6.09 Å². The number of aryl methyl sites for hydroxylation is 2. The fourth-order valence-corrected chi connectivity index (χ4v) is 4.50. The second-order valence-electron chi connectivity index (χ2n) is 7.46. The van der Waals surface area contributed by atoms with Gasteiger partial charge in [-0.15, -0.1) is 0 Å². The summed E-state index contributed by atoms with van der Waals surface area (Å²) in [5, 5.41) is 2.53. The van der Waals surface area contributed by atoms with Crippen LogP contribution in [0.3, 0.4) is 0 Å². The van der Waals surface area contributed by atoms with Gasteiger partial charge in [-0.25, -0.2) is 13.2 Å². The number of nitrogens with one attached hydrogen (secondary N) is 1. The van der Waals surface area contributed by atoms with Gasteiger partial charge in [-0.1, -0.05) is 48.0 Å². The van der Waals surface area contributed by atoms with Gasteiger partial charge in [-0.2, -0.15) is 4.98 Å². The number of amides is 1. The number of carbonyl (C=O) groups excluding carboxylic acids is 1. The van der Waals surface area contributed by atoms with Gasteiger partial charge in [0, 0.05) is 11.3 Å². The van der Waals surface area contributed by atoms with Gasteiger partial charge in [0.25, 0.3) is 0 Å². The molecule has 0 spiro atoms. The Morgan fingerprint density at radius 2 is 1.61 bits per heavy atom. The lowest BCUT2D eigenvalue weighted by atomic mass is 10.2. The molecule has 0 bridgehead atoms. The van der Waals surface area contributed by atoms with Crippen molar-refractivity contribution in [3.05, 3.63) is 95.7 Å². The Hall–Kier alpha value is -3.91. The summed E-state index contributed by atoms with van der Waals surface area (Å²) in [5.74, 6) is 0.383. The fraction of sp³-hybridized carbons (Fsp3) is 0.120. The van der Waals surface area contributed by atoms with Crippen LogP contribution in [-0.2, 0) is 21.2 Å². The Morgan fingerprint density at radius 3 is 2.27 bits per heavy atom. The average Bonchev–Trinajstić information content (AvgIpc) is 3.22. The summed E-state index contributed by atoms with van der Waals surface area (Å²) >= 11 is 0. The number of hydrogen-bond donors (Lipinski definition) is 1. The van der Waals surface area contributed by atoms with Crippen LogP contribution in [0, 0.1) is 13.8 Å². The number of anilines is 1. The van der Waals surface area contributed by atoms with Gasteiger partial charge < -0.3 is 9.15 Å². The molecule has 1 amide bonds. The van der Waals surface area contributed by atoms with Crippen molar-refractivity contribution in [3.8, 4) is 11.5 Å². The molecular formula is C25H22N2O5S. The Balaban J connectivity index is 1.46. The highest BCUT2D eigenvalue weighted by atomic mass is 32.2. The summed E-state index contributed by atoms with van der Waals surface area (Å²) in [7, 11) is -3.81. The van der Waals surface area contributed by atoms with Crippen molar-refractivity contribution in [1.82, 2.24) is 4.98 Å². The number of benzene rings is 3. The van der Waals surface area contributed by atoms with Crippen molar-refractivity contribution in [3.63, 3.8) is 0 Å². The molecule has 0 radical (unpaired) electrons. The summed E-state index contributed by atoms with van der Waals surface area (Å²) in [4.78, 5) is 16.4.